The second-order valence-electron chi connectivity index (χ2n) is 5.25. The second-order valence-corrected chi connectivity index (χ2v) is 5.25. The van der Waals surface area contributed by atoms with Crippen LogP contribution in [0, 0.1) is 0 Å². The van der Waals surface area contributed by atoms with E-state index in [9.17, 15) is 5.11 Å². The van der Waals surface area contributed by atoms with Crippen LogP contribution in [0.3, 0.4) is 0 Å². The van der Waals surface area contributed by atoms with Crippen LogP contribution in [0.2, 0.25) is 0 Å². The third-order valence-corrected chi connectivity index (χ3v) is 2.98. The fraction of sp³-hybridized carbons (Fsp3) is 0.500. The highest BCUT2D eigenvalue weighted by Gasteiger charge is 2.26. The molecule has 5 heteroatoms. The molecule has 1 aromatic rings. The summed E-state index contributed by atoms with van der Waals surface area (Å²) in [5, 5.41) is 28.2. The molecule has 92 valence electrons. The molecule has 1 heterocycles. The number of hydrogen-bond donors (Lipinski definition) is 3. The SMILES string of the molecule is CC(C)(O)CN1CCc2ccc(B(O)O)cc21. The van der Waals surface area contributed by atoms with Crippen molar-refractivity contribution in [1.82, 2.24) is 0 Å². The van der Waals surface area contributed by atoms with Gasteiger partial charge < -0.3 is 20.1 Å². The molecule has 17 heavy (non-hydrogen) atoms. The maximum absolute atomic E-state index is 9.84. The van der Waals surface area contributed by atoms with Crippen LogP contribution in [0.25, 0.3) is 0 Å². The molecule has 3 N–H and O–H groups in total. The summed E-state index contributed by atoms with van der Waals surface area (Å²) < 4.78 is 0. The quantitative estimate of drug-likeness (QED) is 0.618. The number of rotatable bonds is 3. The Morgan fingerprint density at radius 3 is 2.65 bits per heavy atom. The number of anilines is 1. The van der Waals surface area contributed by atoms with Gasteiger partial charge in [0.1, 0.15) is 0 Å². The predicted octanol–water partition coefficient (Wildman–Crippen LogP) is -0.500. The number of fused-ring (bicyclic) bond motifs is 1. The molecule has 0 unspecified atom stereocenters. The van der Waals surface area contributed by atoms with E-state index in [1.54, 1.807) is 26.0 Å². The molecule has 0 bridgehead atoms. The average molecular weight is 235 g/mol. The van der Waals surface area contributed by atoms with Gasteiger partial charge in [-0.3, -0.25) is 0 Å². The van der Waals surface area contributed by atoms with E-state index in [4.69, 9.17) is 10.0 Å². The largest absolute Gasteiger partial charge is 0.488 e. The molecule has 0 fully saturated rings. The van der Waals surface area contributed by atoms with E-state index in [1.165, 1.54) is 5.56 Å². The van der Waals surface area contributed by atoms with Gasteiger partial charge in [-0.25, -0.2) is 0 Å². The molecule has 0 aromatic heterocycles. The van der Waals surface area contributed by atoms with Gasteiger partial charge in [-0.2, -0.15) is 0 Å². The van der Waals surface area contributed by atoms with Gasteiger partial charge in [-0.05, 0) is 37.4 Å². The van der Waals surface area contributed by atoms with E-state index in [1.807, 2.05) is 6.07 Å². The molecule has 0 saturated heterocycles. The standard InChI is InChI=1S/C12H18BNO3/c1-12(2,15)8-14-6-5-9-3-4-10(13(16)17)7-11(9)14/h3-4,7,15-17H,5-6,8H2,1-2H3. The molecule has 0 aliphatic carbocycles. The summed E-state index contributed by atoms with van der Waals surface area (Å²) in [6, 6.07) is 5.45. The van der Waals surface area contributed by atoms with E-state index in [2.05, 4.69) is 4.90 Å². The number of β-amino-alcohol motifs (C(OH)–C–C–N with tert-alkyl or cyclic N) is 1. The minimum absolute atomic E-state index is 0.492. The summed E-state index contributed by atoms with van der Waals surface area (Å²) in [5.41, 5.74) is 1.93. The van der Waals surface area contributed by atoms with Crippen LogP contribution in [0.4, 0.5) is 5.69 Å². The Kier molecular flexibility index (Phi) is 3.16. The molecule has 1 aromatic carbocycles. The first-order valence-corrected chi connectivity index (χ1v) is 5.83. The molecule has 2 rings (SSSR count). The highest BCUT2D eigenvalue weighted by Crippen LogP contribution is 2.28. The van der Waals surface area contributed by atoms with Crippen LogP contribution in [0.5, 0.6) is 0 Å². The van der Waals surface area contributed by atoms with Crippen LogP contribution in [-0.4, -0.2) is 41.0 Å². The summed E-state index contributed by atoms with van der Waals surface area (Å²) in [7, 11) is -1.44. The zero-order valence-corrected chi connectivity index (χ0v) is 10.2. The lowest BCUT2D eigenvalue weighted by atomic mass is 9.79. The molecule has 0 atom stereocenters. The Labute approximate surface area is 102 Å². The summed E-state index contributed by atoms with van der Waals surface area (Å²) in [6.07, 6.45) is 0.938. The van der Waals surface area contributed by atoms with Gasteiger partial charge >= 0.3 is 7.12 Å². The summed E-state index contributed by atoms with van der Waals surface area (Å²) >= 11 is 0. The lowest BCUT2D eigenvalue weighted by Crippen LogP contribution is -2.38. The third kappa shape index (κ3) is 2.80. The fourth-order valence-corrected chi connectivity index (χ4v) is 2.25. The van der Waals surface area contributed by atoms with Crippen LogP contribution < -0.4 is 10.4 Å². The Balaban J connectivity index is 2.26. The van der Waals surface area contributed by atoms with Gasteiger partial charge in [0, 0.05) is 18.8 Å². The average Bonchev–Trinajstić information content (AvgIpc) is 2.58. The summed E-state index contributed by atoms with van der Waals surface area (Å²) in [6.45, 7) is 4.96. The van der Waals surface area contributed by atoms with E-state index in [-0.39, 0.29) is 0 Å². The first kappa shape index (κ1) is 12.4. The van der Waals surface area contributed by atoms with Gasteiger partial charge in [0.25, 0.3) is 0 Å². The first-order valence-electron chi connectivity index (χ1n) is 5.83. The third-order valence-electron chi connectivity index (χ3n) is 2.98. The van der Waals surface area contributed by atoms with Crippen molar-refractivity contribution in [2.24, 2.45) is 0 Å². The number of nitrogens with zero attached hydrogens (tertiary/aromatic N) is 1. The van der Waals surface area contributed by atoms with Crippen molar-refractivity contribution in [3.63, 3.8) is 0 Å². The number of hydrogen-bond acceptors (Lipinski definition) is 4. The van der Waals surface area contributed by atoms with Gasteiger partial charge in [0.2, 0.25) is 0 Å². The van der Waals surface area contributed by atoms with Crippen molar-refractivity contribution >= 4 is 18.3 Å². The van der Waals surface area contributed by atoms with Crippen molar-refractivity contribution in [3.8, 4) is 0 Å². The molecule has 0 saturated carbocycles. The number of benzene rings is 1. The van der Waals surface area contributed by atoms with Crippen LogP contribution in [0.15, 0.2) is 18.2 Å². The van der Waals surface area contributed by atoms with E-state index >= 15 is 0 Å². The van der Waals surface area contributed by atoms with Crippen molar-refractivity contribution in [3.05, 3.63) is 23.8 Å². The fourth-order valence-electron chi connectivity index (χ4n) is 2.25. The van der Waals surface area contributed by atoms with Crippen molar-refractivity contribution in [2.75, 3.05) is 18.0 Å². The topological polar surface area (TPSA) is 63.9 Å². The second kappa shape index (κ2) is 4.33. The highest BCUT2D eigenvalue weighted by molar-refractivity contribution is 6.58. The molecule has 0 spiro atoms. The van der Waals surface area contributed by atoms with Crippen LogP contribution in [-0.2, 0) is 6.42 Å². The maximum Gasteiger partial charge on any atom is 0.488 e. The van der Waals surface area contributed by atoms with Crippen molar-refractivity contribution in [1.29, 1.82) is 0 Å². The Morgan fingerprint density at radius 1 is 1.35 bits per heavy atom. The first-order chi connectivity index (χ1) is 7.87. The molecule has 0 radical (unpaired) electrons. The van der Waals surface area contributed by atoms with Gasteiger partial charge in [0.15, 0.2) is 0 Å². The lowest BCUT2D eigenvalue weighted by Gasteiger charge is -2.27. The highest BCUT2D eigenvalue weighted by atomic mass is 16.4. The van der Waals surface area contributed by atoms with Gasteiger partial charge in [-0.1, -0.05) is 12.1 Å². The van der Waals surface area contributed by atoms with E-state index < -0.39 is 12.7 Å². The molecule has 0 amide bonds. The Hall–Kier alpha value is -1.04. The normalized spacial score (nSPS) is 15.0. The van der Waals surface area contributed by atoms with Gasteiger partial charge in [-0.15, -0.1) is 0 Å². The summed E-state index contributed by atoms with van der Waals surface area (Å²) in [4.78, 5) is 2.08. The van der Waals surface area contributed by atoms with Crippen LogP contribution in [0.1, 0.15) is 19.4 Å². The Bertz CT molecular complexity index is 415. The van der Waals surface area contributed by atoms with Crippen molar-refractivity contribution in [2.45, 2.75) is 25.9 Å². The zero-order chi connectivity index (χ0) is 12.6. The molecule has 4 nitrogen and oxygen atoms in total. The molecular formula is C12H18BNO3. The number of aliphatic hydroxyl groups is 1. The zero-order valence-electron chi connectivity index (χ0n) is 10.2. The molecule has 1 aliphatic heterocycles. The van der Waals surface area contributed by atoms with Gasteiger partial charge in [0.05, 0.1) is 5.60 Å². The summed E-state index contributed by atoms with van der Waals surface area (Å²) in [5.74, 6) is 0. The minimum Gasteiger partial charge on any atom is -0.423 e. The van der Waals surface area contributed by atoms with E-state index in [0.717, 1.165) is 18.7 Å². The van der Waals surface area contributed by atoms with E-state index in [0.29, 0.717) is 12.0 Å². The smallest absolute Gasteiger partial charge is 0.423 e. The minimum atomic E-state index is -1.44. The Morgan fingerprint density at radius 2 is 2.06 bits per heavy atom. The molecular weight excluding hydrogens is 217 g/mol. The predicted molar refractivity (Wildman–Crippen MR) is 68.5 cm³/mol. The maximum atomic E-state index is 9.84. The monoisotopic (exact) mass is 235 g/mol. The van der Waals surface area contributed by atoms with Crippen LogP contribution >= 0.6 is 0 Å². The molecule has 1 aliphatic rings. The van der Waals surface area contributed by atoms with Crippen molar-refractivity contribution < 1.29 is 15.2 Å². The lowest BCUT2D eigenvalue weighted by molar-refractivity contribution is 0.0878.